The number of carboxylic acid groups (broad SMARTS) is 1. The van der Waals surface area contributed by atoms with Crippen LogP contribution in [0.25, 0.3) is 0 Å². The van der Waals surface area contributed by atoms with Crippen LogP contribution < -0.4 is 4.72 Å². The minimum Gasteiger partial charge on any atom is -0.478 e. The molecule has 0 aromatic carbocycles. The molecular weight excluding hydrogens is 306 g/mol. The fraction of sp³-hybridized carbons (Fsp3) is 0. The minimum atomic E-state index is -3.96. The highest BCUT2D eigenvalue weighted by atomic mass is 35.5. The lowest BCUT2D eigenvalue weighted by atomic mass is 10.3. The molecule has 0 spiro atoms. The summed E-state index contributed by atoms with van der Waals surface area (Å²) in [5.74, 6) is -1.21. The van der Waals surface area contributed by atoms with E-state index in [4.69, 9.17) is 16.7 Å². The molecule has 0 aliphatic heterocycles. The smallest absolute Gasteiger partial charge is 0.337 e. The Hall–Kier alpha value is -2.19. The van der Waals surface area contributed by atoms with Crippen molar-refractivity contribution in [2.45, 2.75) is 4.90 Å². The Balaban J connectivity index is 2.36. The first-order valence-electron chi connectivity index (χ1n) is 5.21. The molecule has 20 heavy (non-hydrogen) atoms. The van der Waals surface area contributed by atoms with Gasteiger partial charge in [-0.25, -0.2) is 13.2 Å². The number of sulfonamides is 1. The lowest BCUT2D eigenvalue weighted by molar-refractivity contribution is 0.0696. The lowest BCUT2D eigenvalue weighted by Crippen LogP contribution is -2.14. The van der Waals surface area contributed by atoms with E-state index in [1.807, 2.05) is 0 Å². The zero-order chi connectivity index (χ0) is 14.8. The number of carbonyl (C=O) groups is 1. The van der Waals surface area contributed by atoms with Gasteiger partial charge in [-0.15, -0.1) is 0 Å². The molecule has 7 nitrogen and oxygen atoms in total. The molecule has 9 heteroatoms. The summed E-state index contributed by atoms with van der Waals surface area (Å²) >= 11 is 5.79. The fourth-order valence-electron chi connectivity index (χ4n) is 1.38. The molecule has 0 radical (unpaired) electrons. The topological polar surface area (TPSA) is 109 Å². The Morgan fingerprint density at radius 3 is 2.65 bits per heavy atom. The average Bonchev–Trinajstić information content (AvgIpc) is 2.38. The van der Waals surface area contributed by atoms with Crippen LogP contribution in [0, 0.1) is 0 Å². The van der Waals surface area contributed by atoms with Crippen molar-refractivity contribution in [3.05, 3.63) is 47.5 Å². The normalized spacial score (nSPS) is 11.1. The number of aromatic carboxylic acids is 1. The molecule has 2 aromatic heterocycles. The molecule has 0 atom stereocenters. The van der Waals surface area contributed by atoms with Crippen molar-refractivity contribution in [1.82, 2.24) is 9.97 Å². The second-order valence-corrected chi connectivity index (χ2v) is 5.74. The van der Waals surface area contributed by atoms with Gasteiger partial charge in [-0.05, 0) is 12.1 Å². The number of nitrogens with zero attached hydrogens (tertiary/aromatic N) is 2. The molecule has 0 unspecified atom stereocenters. The maximum Gasteiger partial charge on any atom is 0.337 e. The molecule has 104 valence electrons. The zero-order valence-electron chi connectivity index (χ0n) is 9.82. The van der Waals surface area contributed by atoms with Crippen LogP contribution in [0.2, 0.25) is 5.02 Å². The molecule has 0 amide bonds. The van der Waals surface area contributed by atoms with Gasteiger partial charge in [0, 0.05) is 18.6 Å². The van der Waals surface area contributed by atoms with Crippen molar-refractivity contribution in [3.8, 4) is 0 Å². The van der Waals surface area contributed by atoms with Gasteiger partial charge in [0.15, 0.2) is 0 Å². The average molecular weight is 314 g/mol. The van der Waals surface area contributed by atoms with Crippen LogP contribution in [0.4, 0.5) is 5.69 Å². The molecule has 2 aromatic rings. The third-order valence-electron chi connectivity index (χ3n) is 2.26. The first kappa shape index (κ1) is 14.2. The van der Waals surface area contributed by atoms with E-state index in [0.29, 0.717) is 0 Å². The van der Waals surface area contributed by atoms with E-state index in [2.05, 4.69) is 14.7 Å². The molecule has 0 aliphatic rings. The zero-order valence-corrected chi connectivity index (χ0v) is 11.4. The molecular formula is C11H8ClN3O4S. The maximum atomic E-state index is 12.1. The van der Waals surface area contributed by atoms with Crippen LogP contribution in [0.5, 0.6) is 0 Å². The van der Waals surface area contributed by atoms with Crippen LogP contribution in [0.15, 0.2) is 41.8 Å². The molecule has 2 rings (SSSR count). The number of aromatic nitrogens is 2. The fourth-order valence-corrected chi connectivity index (χ4v) is 2.85. The van der Waals surface area contributed by atoms with E-state index in [9.17, 15) is 13.2 Å². The van der Waals surface area contributed by atoms with Crippen molar-refractivity contribution in [1.29, 1.82) is 0 Å². The highest BCUT2D eigenvalue weighted by Gasteiger charge is 2.18. The standard InChI is InChI=1S/C11H8ClN3O4S/c12-9-1-2-13-6-10(9)20(18,19)15-8-3-7(11(16)17)4-14-5-8/h1-6,15H,(H,16,17). The number of hydrogen-bond acceptors (Lipinski definition) is 5. The number of halogens is 1. The van der Waals surface area contributed by atoms with Crippen molar-refractivity contribution >= 4 is 33.3 Å². The first-order chi connectivity index (χ1) is 9.40. The second-order valence-electron chi connectivity index (χ2n) is 3.68. The highest BCUT2D eigenvalue weighted by Crippen LogP contribution is 2.22. The Bertz CT molecular complexity index is 764. The van der Waals surface area contributed by atoms with E-state index >= 15 is 0 Å². The third-order valence-corrected chi connectivity index (χ3v) is 4.11. The minimum absolute atomic E-state index is 0.00912. The van der Waals surface area contributed by atoms with Gasteiger partial charge in [-0.2, -0.15) is 0 Å². The van der Waals surface area contributed by atoms with E-state index in [-0.39, 0.29) is 21.2 Å². The summed E-state index contributed by atoms with van der Waals surface area (Å²) in [4.78, 5) is 17.9. The van der Waals surface area contributed by atoms with Crippen LogP contribution in [0.1, 0.15) is 10.4 Å². The number of rotatable bonds is 4. The molecule has 0 bridgehead atoms. The van der Waals surface area contributed by atoms with Gasteiger partial charge in [0.25, 0.3) is 10.0 Å². The maximum absolute atomic E-state index is 12.1. The number of carboxylic acids is 1. The van der Waals surface area contributed by atoms with Gasteiger partial charge in [0.1, 0.15) is 4.90 Å². The van der Waals surface area contributed by atoms with E-state index in [0.717, 1.165) is 18.5 Å². The summed E-state index contributed by atoms with van der Waals surface area (Å²) in [5, 5.41) is 8.83. The van der Waals surface area contributed by atoms with Gasteiger partial charge in [0.05, 0.1) is 22.5 Å². The predicted octanol–water partition coefficient (Wildman–Crippen LogP) is 1.63. The van der Waals surface area contributed by atoms with Crippen molar-refractivity contribution < 1.29 is 18.3 Å². The molecule has 0 fully saturated rings. The van der Waals surface area contributed by atoms with Gasteiger partial charge in [-0.1, -0.05) is 11.6 Å². The number of nitrogens with one attached hydrogen (secondary N) is 1. The van der Waals surface area contributed by atoms with Crippen LogP contribution >= 0.6 is 11.6 Å². The number of pyridine rings is 2. The second kappa shape index (κ2) is 5.43. The van der Waals surface area contributed by atoms with E-state index < -0.39 is 16.0 Å². The van der Waals surface area contributed by atoms with Crippen LogP contribution in [0.3, 0.4) is 0 Å². The predicted molar refractivity (Wildman–Crippen MR) is 71.3 cm³/mol. The summed E-state index contributed by atoms with van der Waals surface area (Å²) in [7, 11) is -3.96. The summed E-state index contributed by atoms with van der Waals surface area (Å²) in [6.45, 7) is 0. The Labute approximate surface area is 119 Å². The van der Waals surface area contributed by atoms with Gasteiger partial charge in [0.2, 0.25) is 0 Å². The monoisotopic (exact) mass is 313 g/mol. The van der Waals surface area contributed by atoms with Gasteiger partial charge < -0.3 is 5.11 Å². The van der Waals surface area contributed by atoms with Crippen LogP contribution in [-0.2, 0) is 10.0 Å². The molecule has 2 N–H and O–H groups in total. The van der Waals surface area contributed by atoms with Crippen molar-refractivity contribution in [2.24, 2.45) is 0 Å². The summed E-state index contributed by atoms with van der Waals surface area (Å²) in [6.07, 6.45) is 4.75. The quantitative estimate of drug-likeness (QED) is 0.887. The third kappa shape index (κ3) is 3.03. The molecule has 0 saturated carbocycles. The van der Waals surface area contributed by atoms with Gasteiger partial charge >= 0.3 is 5.97 Å². The summed E-state index contributed by atoms with van der Waals surface area (Å²) < 4.78 is 26.4. The lowest BCUT2D eigenvalue weighted by Gasteiger charge is -2.08. The summed E-state index contributed by atoms with van der Waals surface area (Å²) in [6, 6.07) is 2.49. The Morgan fingerprint density at radius 1 is 1.25 bits per heavy atom. The largest absolute Gasteiger partial charge is 0.478 e. The van der Waals surface area contributed by atoms with E-state index in [1.54, 1.807) is 0 Å². The van der Waals surface area contributed by atoms with Crippen LogP contribution in [-0.4, -0.2) is 29.5 Å². The Morgan fingerprint density at radius 2 is 2.00 bits per heavy atom. The SMILES string of the molecule is O=C(O)c1cncc(NS(=O)(=O)c2cnccc2Cl)c1. The number of anilines is 1. The first-order valence-corrected chi connectivity index (χ1v) is 7.07. The number of hydrogen-bond donors (Lipinski definition) is 2. The van der Waals surface area contributed by atoms with Gasteiger partial charge in [-0.3, -0.25) is 14.7 Å². The Kier molecular flexibility index (Phi) is 3.86. The molecule has 2 heterocycles. The van der Waals surface area contributed by atoms with E-state index in [1.165, 1.54) is 18.5 Å². The van der Waals surface area contributed by atoms with Crippen molar-refractivity contribution in [3.63, 3.8) is 0 Å². The highest BCUT2D eigenvalue weighted by molar-refractivity contribution is 7.92. The molecule has 0 aliphatic carbocycles. The summed E-state index contributed by atoms with van der Waals surface area (Å²) in [5.41, 5.74) is -0.118. The molecule has 0 saturated heterocycles. The van der Waals surface area contributed by atoms with Crippen molar-refractivity contribution in [2.75, 3.05) is 4.72 Å².